The van der Waals surface area contributed by atoms with Gasteiger partial charge in [-0.25, -0.2) is 4.79 Å². The number of amides is 3. The van der Waals surface area contributed by atoms with Crippen LogP contribution in [0.5, 0.6) is 0 Å². The molecule has 0 aromatic rings. The third kappa shape index (κ3) is 3.96. The maximum Gasteiger partial charge on any atom is 0.321 e. The molecule has 0 aromatic carbocycles. The molecule has 6 heteroatoms. The van der Waals surface area contributed by atoms with E-state index in [-0.39, 0.29) is 11.9 Å². The smallest absolute Gasteiger partial charge is 0.321 e. The predicted molar refractivity (Wildman–Crippen MR) is 70.3 cm³/mol. The lowest BCUT2D eigenvalue weighted by Gasteiger charge is -2.39. The van der Waals surface area contributed by atoms with E-state index in [1.54, 1.807) is 0 Å². The average Bonchev–Trinajstić information content (AvgIpc) is 2.38. The summed E-state index contributed by atoms with van der Waals surface area (Å²) in [6.07, 6.45) is 3.41. The monoisotopic (exact) mass is 256 g/mol. The van der Waals surface area contributed by atoms with Gasteiger partial charge in [0.15, 0.2) is 0 Å². The molecule has 1 rings (SSSR count). The lowest BCUT2D eigenvalue weighted by molar-refractivity contribution is -0.126. The molecule has 0 bridgehead atoms. The Balaban J connectivity index is 2.58. The minimum absolute atomic E-state index is 0.239. The van der Waals surface area contributed by atoms with Gasteiger partial charge in [-0.3, -0.25) is 15.0 Å². The van der Waals surface area contributed by atoms with Gasteiger partial charge in [0, 0.05) is 19.6 Å². The van der Waals surface area contributed by atoms with E-state index in [0.29, 0.717) is 6.04 Å². The standard InChI is InChI=1S/C12H24N4O2/c1-9(11(17)15-12(18)14-3)16-7-5-4-6-10(16)8-13-2/h9-10,13H,4-8H2,1-3H3,(H2,14,15,17,18). The molecule has 2 unspecified atom stereocenters. The Morgan fingerprint density at radius 1 is 1.33 bits per heavy atom. The van der Waals surface area contributed by atoms with Gasteiger partial charge in [-0.05, 0) is 33.4 Å². The van der Waals surface area contributed by atoms with Crippen LogP contribution in [-0.2, 0) is 4.79 Å². The zero-order chi connectivity index (χ0) is 13.5. The van der Waals surface area contributed by atoms with Gasteiger partial charge in [0.1, 0.15) is 0 Å². The Labute approximate surface area is 108 Å². The number of carbonyl (C=O) groups is 2. The number of nitrogens with zero attached hydrogens (tertiary/aromatic N) is 1. The first kappa shape index (κ1) is 14.9. The molecule has 0 spiro atoms. The van der Waals surface area contributed by atoms with Crippen LogP contribution in [0.4, 0.5) is 4.79 Å². The van der Waals surface area contributed by atoms with E-state index in [1.165, 1.54) is 13.5 Å². The number of hydrogen-bond donors (Lipinski definition) is 3. The van der Waals surface area contributed by atoms with Gasteiger partial charge in [-0.15, -0.1) is 0 Å². The summed E-state index contributed by atoms with van der Waals surface area (Å²) in [5, 5.41) is 7.89. The quantitative estimate of drug-likeness (QED) is 0.657. The van der Waals surface area contributed by atoms with Crippen LogP contribution in [0.2, 0.25) is 0 Å². The molecule has 6 nitrogen and oxygen atoms in total. The molecule has 104 valence electrons. The first-order valence-electron chi connectivity index (χ1n) is 6.53. The van der Waals surface area contributed by atoms with E-state index >= 15 is 0 Å². The van der Waals surface area contributed by atoms with Crippen molar-refractivity contribution < 1.29 is 9.59 Å². The maximum absolute atomic E-state index is 11.9. The molecule has 1 aliphatic heterocycles. The summed E-state index contributed by atoms with van der Waals surface area (Å²) < 4.78 is 0. The van der Waals surface area contributed by atoms with Gasteiger partial charge in [-0.2, -0.15) is 0 Å². The molecular formula is C12H24N4O2. The second kappa shape index (κ2) is 7.33. The summed E-state index contributed by atoms with van der Waals surface area (Å²) in [7, 11) is 3.42. The van der Waals surface area contributed by atoms with Crippen molar-refractivity contribution in [1.82, 2.24) is 20.9 Å². The Morgan fingerprint density at radius 3 is 2.67 bits per heavy atom. The topological polar surface area (TPSA) is 73.5 Å². The van der Waals surface area contributed by atoms with E-state index in [0.717, 1.165) is 25.9 Å². The predicted octanol–water partition coefficient (Wildman–Crippen LogP) is -0.0956. The van der Waals surface area contributed by atoms with Crippen LogP contribution >= 0.6 is 0 Å². The van der Waals surface area contributed by atoms with Crippen molar-refractivity contribution in [2.24, 2.45) is 0 Å². The number of carbonyl (C=O) groups excluding carboxylic acids is 2. The van der Waals surface area contributed by atoms with Crippen molar-refractivity contribution in [3.8, 4) is 0 Å². The minimum atomic E-state index is -0.450. The maximum atomic E-state index is 11.9. The SMILES string of the molecule is CNCC1CCCCN1C(C)C(=O)NC(=O)NC. The van der Waals surface area contributed by atoms with Crippen molar-refractivity contribution in [1.29, 1.82) is 0 Å². The molecule has 2 atom stereocenters. The molecule has 3 N–H and O–H groups in total. The zero-order valence-electron chi connectivity index (χ0n) is 11.5. The first-order chi connectivity index (χ1) is 8.60. The third-order valence-electron chi connectivity index (χ3n) is 3.45. The zero-order valence-corrected chi connectivity index (χ0v) is 11.5. The van der Waals surface area contributed by atoms with Crippen LogP contribution in [0.3, 0.4) is 0 Å². The third-order valence-corrected chi connectivity index (χ3v) is 3.45. The number of nitrogens with one attached hydrogen (secondary N) is 3. The van der Waals surface area contributed by atoms with Gasteiger partial charge in [-0.1, -0.05) is 6.42 Å². The minimum Gasteiger partial charge on any atom is -0.341 e. The fourth-order valence-corrected chi connectivity index (χ4v) is 2.42. The Hall–Kier alpha value is -1.14. The Kier molecular flexibility index (Phi) is 6.07. The number of piperidine rings is 1. The number of hydrogen-bond acceptors (Lipinski definition) is 4. The van der Waals surface area contributed by atoms with Crippen LogP contribution in [0.15, 0.2) is 0 Å². The molecule has 1 saturated heterocycles. The van der Waals surface area contributed by atoms with Gasteiger partial charge >= 0.3 is 6.03 Å². The van der Waals surface area contributed by atoms with E-state index < -0.39 is 6.03 Å². The van der Waals surface area contributed by atoms with Crippen molar-refractivity contribution in [3.05, 3.63) is 0 Å². The normalized spacial score (nSPS) is 22.3. The molecule has 0 aromatic heterocycles. The molecular weight excluding hydrogens is 232 g/mol. The average molecular weight is 256 g/mol. The lowest BCUT2D eigenvalue weighted by atomic mass is 10.00. The number of likely N-dealkylation sites (tertiary alicyclic amines) is 1. The second-order valence-corrected chi connectivity index (χ2v) is 4.69. The Bertz CT molecular complexity index is 294. The molecule has 0 saturated carbocycles. The fourth-order valence-electron chi connectivity index (χ4n) is 2.42. The summed E-state index contributed by atoms with van der Waals surface area (Å²) in [6, 6.07) is -0.357. The van der Waals surface area contributed by atoms with E-state index in [2.05, 4.69) is 20.9 Å². The van der Waals surface area contributed by atoms with Crippen LogP contribution in [0.1, 0.15) is 26.2 Å². The molecule has 1 fully saturated rings. The van der Waals surface area contributed by atoms with Crippen molar-refractivity contribution in [2.45, 2.75) is 38.3 Å². The molecule has 1 aliphatic rings. The molecule has 0 aliphatic carbocycles. The number of rotatable bonds is 4. The lowest BCUT2D eigenvalue weighted by Crippen LogP contribution is -2.55. The first-order valence-corrected chi connectivity index (χ1v) is 6.53. The molecule has 1 heterocycles. The van der Waals surface area contributed by atoms with Crippen LogP contribution in [0.25, 0.3) is 0 Å². The van der Waals surface area contributed by atoms with Crippen molar-refractivity contribution in [2.75, 3.05) is 27.2 Å². The Morgan fingerprint density at radius 2 is 2.06 bits per heavy atom. The highest BCUT2D eigenvalue weighted by Crippen LogP contribution is 2.19. The summed E-state index contributed by atoms with van der Waals surface area (Å²) in [4.78, 5) is 25.2. The molecule has 18 heavy (non-hydrogen) atoms. The van der Waals surface area contributed by atoms with Gasteiger partial charge in [0.2, 0.25) is 5.91 Å². The van der Waals surface area contributed by atoms with Gasteiger partial charge in [0.05, 0.1) is 6.04 Å². The second-order valence-electron chi connectivity index (χ2n) is 4.69. The molecule has 0 radical (unpaired) electrons. The highest BCUT2D eigenvalue weighted by Gasteiger charge is 2.30. The van der Waals surface area contributed by atoms with Gasteiger partial charge < -0.3 is 10.6 Å². The van der Waals surface area contributed by atoms with Crippen molar-refractivity contribution in [3.63, 3.8) is 0 Å². The van der Waals surface area contributed by atoms with Crippen LogP contribution in [0, 0.1) is 0 Å². The number of imide groups is 1. The summed E-state index contributed by atoms with van der Waals surface area (Å²) >= 11 is 0. The summed E-state index contributed by atoms with van der Waals surface area (Å²) in [5.41, 5.74) is 0. The fraction of sp³-hybridized carbons (Fsp3) is 0.833. The number of likely N-dealkylation sites (N-methyl/N-ethyl adjacent to an activating group) is 1. The largest absolute Gasteiger partial charge is 0.341 e. The van der Waals surface area contributed by atoms with E-state index in [1.807, 2.05) is 14.0 Å². The van der Waals surface area contributed by atoms with Gasteiger partial charge in [0.25, 0.3) is 0 Å². The molecule has 3 amide bonds. The summed E-state index contributed by atoms with van der Waals surface area (Å²) in [6.45, 7) is 3.64. The van der Waals surface area contributed by atoms with E-state index in [4.69, 9.17) is 0 Å². The van der Waals surface area contributed by atoms with Crippen molar-refractivity contribution >= 4 is 11.9 Å². The number of urea groups is 1. The van der Waals surface area contributed by atoms with E-state index in [9.17, 15) is 9.59 Å². The highest BCUT2D eigenvalue weighted by atomic mass is 16.2. The van der Waals surface area contributed by atoms with Crippen LogP contribution in [-0.4, -0.2) is 56.1 Å². The summed E-state index contributed by atoms with van der Waals surface area (Å²) in [5.74, 6) is -0.239. The van der Waals surface area contributed by atoms with Crippen LogP contribution < -0.4 is 16.0 Å². The highest BCUT2D eigenvalue weighted by molar-refractivity contribution is 5.96.